The molecule has 2 aromatic rings. The molecule has 0 aromatic heterocycles. The van der Waals surface area contributed by atoms with E-state index in [4.69, 9.17) is 9.47 Å². The second-order valence-electron chi connectivity index (χ2n) is 6.69. The van der Waals surface area contributed by atoms with Gasteiger partial charge in [-0.25, -0.2) is 5.43 Å². The van der Waals surface area contributed by atoms with Gasteiger partial charge in [0.15, 0.2) is 6.61 Å². The van der Waals surface area contributed by atoms with E-state index in [1.807, 2.05) is 50.2 Å². The highest BCUT2D eigenvalue weighted by atomic mass is 16.5. The van der Waals surface area contributed by atoms with Crippen molar-refractivity contribution in [3.63, 3.8) is 0 Å². The fraction of sp³-hybridized carbons (Fsp3) is 0.348. The van der Waals surface area contributed by atoms with Crippen LogP contribution < -0.4 is 20.2 Å². The molecule has 31 heavy (non-hydrogen) atoms. The first kappa shape index (κ1) is 23.7. The van der Waals surface area contributed by atoms with Gasteiger partial charge in [0.25, 0.3) is 11.8 Å². The van der Waals surface area contributed by atoms with Gasteiger partial charge in [0.05, 0.1) is 19.4 Å². The van der Waals surface area contributed by atoms with Crippen LogP contribution in [0.3, 0.4) is 0 Å². The third-order valence-electron chi connectivity index (χ3n) is 4.64. The van der Waals surface area contributed by atoms with Crippen LogP contribution in [0, 0.1) is 0 Å². The van der Waals surface area contributed by atoms with Crippen LogP contribution in [0.25, 0.3) is 0 Å². The minimum atomic E-state index is -0.259. The molecule has 2 amide bonds. The molecular weight excluding hydrogens is 396 g/mol. The van der Waals surface area contributed by atoms with Crippen molar-refractivity contribution in [3.8, 4) is 11.5 Å². The van der Waals surface area contributed by atoms with Crippen LogP contribution in [0.15, 0.2) is 53.6 Å². The first-order valence-corrected chi connectivity index (χ1v) is 10.2. The molecule has 0 radical (unpaired) electrons. The lowest BCUT2D eigenvalue weighted by Gasteiger charge is -2.18. The van der Waals surface area contributed by atoms with E-state index in [1.165, 1.54) is 0 Å². The smallest absolute Gasteiger partial charge is 0.260 e. The summed E-state index contributed by atoms with van der Waals surface area (Å²) in [5.41, 5.74) is 4.84. The number of benzene rings is 2. The molecule has 8 nitrogen and oxygen atoms in total. The Balaban J connectivity index is 1.81. The Morgan fingerprint density at radius 2 is 1.58 bits per heavy atom. The highest BCUT2D eigenvalue weighted by molar-refractivity contribution is 5.99. The monoisotopic (exact) mass is 426 g/mol. The quantitative estimate of drug-likeness (QED) is 0.426. The maximum Gasteiger partial charge on any atom is 0.260 e. The van der Waals surface area contributed by atoms with Crippen LogP contribution in [0.5, 0.6) is 11.5 Å². The Labute approximate surface area is 183 Å². The van der Waals surface area contributed by atoms with Crippen molar-refractivity contribution >= 4 is 23.2 Å². The van der Waals surface area contributed by atoms with Crippen LogP contribution in [0.1, 0.15) is 26.3 Å². The normalized spacial score (nSPS) is 10.9. The van der Waals surface area contributed by atoms with Crippen LogP contribution in [0.2, 0.25) is 0 Å². The lowest BCUT2D eigenvalue weighted by molar-refractivity contribution is -0.133. The molecule has 0 atom stereocenters. The zero-order chi connectivity index (χ0) is 22.6. The molecule has 0 spiro atoms. The first-order chi connectivity index (χ1) is 15.0. The molecule has 0 aliphatic rings. The Morgan fingerprint density at radius 1 is 0.968 bits per heavy atom. The second kappa shape index (κ2) is 12.2. The number of ether oxygens (including phenoxy) is 2. The lowest BCUT2D eigenvalue weighted by Crippen LogP contribution is -2.34. The molecule has 2 rings (SSSR count). The SMILES string of the molecule is CCN(CC)C(=O)COc1ccc(/C(C)=N\NC(=O)CNc2ccc(OC)cc2)cc1. The van der Waals surface area contributed by atoms with Crippen LogP contribution in [0.4, 0.5) is 5.69 Å². The molecule has 0 saturated carbocycles. The molecule has 0 heterocycles. The van der Waals surface area contributed by atoms with E-state index >= 15 is 0 Å². The van der Waals surface area contributed by atoms with Gasteiger partial charge in [-0.15, -0.1) is 0 Å². The molecule has 0 unspecified atom stereocenters. The average molecular weight is 427 g/mol. The topological polar surface area (TPSA) is 92.3 Å². The second-order valence-corrected chi connectivity index (χ2v) is 6.69. The molecule has 0 aliphatic carbocycles. The number of hydrogen-bond acceptors (Lipinski definition) is 6. The summed E-state index contributed by atoms with van der Waals surface area (Å²) in [5.74, 6) is 1.05. The predicted molar refractivity (Wildman–Crippen MR) is 122 cm³/mol. The van der Waals surface area contributed by atoms with Crippen molar-refractivity contribution in [2.75, 3.05) is 38.7 Å². The summed E-state index contributed by atoms with van der Waals surface area (Å²) in [4.78, 5) is 25.7. The average Bonchev–Trinajstić information content (AvgIpc) is 2.81. The maximum atomic E-state index is 12.0. The van der Waals surface area contributed by atoms with E-state index in [2.05, 4.69) is 15.8 Å². The van der Waals surface area contributed by atoms with E-state index in [1.54, 1.807) is 31.1 Å². The number of hydrazone groups is 1. The third-order valence-corrected chi connectivity index (χ3v) is 4.64. The predicted octanol–water partition coefficient (Wildman–Crippen LogP) is 2.89. The van der Waals surface area contributed by atoms with Crippen LogP contribution >= 0.6 is 0 Å². The Hall–Kier alpha value is -3.55. The molecule has 2 aromatic carbocycles. The Bertz CT molecular complexity index is 875. The standard InChI is InChI=1S/C23H30N4O4/c1-5-27(6-2)23(29)16-31-21-11-7-18(8-12-21)17(3)25-26-22(28)15-24-19-9-13-20(30-4)14-10-19/h7-14,24H,5-6,15-16H2,1-4H3,(H,26,28)/b25-17-. The van der Waals surface area contributed by atoms with Crippen LogP contribution in [-0.4, -0.2) is 55.8 Å². The van der Waals surface area contributed by atoms with Crippen molar-refractivity contribution in [2.24, 2.45) is 5.10 Å². The van der Waals surface area contributed by atoms with Gasteiger partial charge in [0, 0.05) is 18.8 Å². The maximum absolute atomic E-state index is 12.0. The van der Waals surface area contributed by atoms with E-state index in [-0.39, 0.29) is 25.0 Å². The number of rotatable bonds is 11. The summed E-state index contributed by atoms with van der Waals surface area (Å²) < 4.78 is 10.7. The van der Waals surface area contributed by atoms with Crippen molar-refractivity contribution < 1.29 is 19.1 Å². The number of hydrogen-bond donors (Lipinski definition) is 2. The summed E-state index contributed by atoms with van der Waals surface area (Å²) >= 11 is 0. The van der Waals surface area contributed by atoms with Crippen LogP contribution in [-0.2, 0) is 9.59 Å². The minimum Gasteiger partial charge on any atom is -0.497 e. The van der Waals surface area contributed by atoms with Crippen molar-refractivity contribution in [1.82, 2.24) is 10.3 Å². The van der Waals surface area contributed by atoms with Gasteiger partial charge in [0.1, 0.15) is 11.5 Å². The largest absolute Gasteiger partial charge is 0.497 e. The lowest BCUT2D eigenvalue weighted by atomic mass is 10.1. The number of nitrogens with one attached hydrogen (secondary N) is 2. The number of anilines is 1. The van der Waals surface area contributed by atoms with Crippen molar-refractivity contribution in [1.29, 1.82) is 0 Å². The molecule has 2 N–H and O–H groups in total. The summed E-state index contributed by atoms with van der Waals surface area (Å²) in [6.45, 7) is 7.10. The molecule has 166 valence electrons. The van der Waals surface area contributed by atoms with Gasteiger partial charge in [-0.1, -0.05) is 0 Å². The molecule has 0 saturated heterocycles. The Morgan fingerprint density at radius 3 is 2.16 bits per heavy atom. The highest BCUT2D eigenvalue weighted by Crippen LogP contribution is 2.15. The van der Waals surface area contributed by atoms with E-state index in [0.717, 1.165) is 17.0 Å². The van der Waals surface area contributed by atoms with Gasteiger partial charge in [0.2, 0.25) is 0 Å². The third kappa shape index (κ3) is 7.65. The molecule has 0 bridgehead atoms. The van der Waals surface area contributed by atoms with Gasteiger partial charge in [-0.05, 0) is 74.9 Å². The number of carbonyl (C=O) groups is 2. The highest BCUT2D eigenvalue weighted by Gasteiger charge is 2.10. The van der Waals surface area contributed by atoms with Gasteiger partial charge in [-0.3, -0.25) is 9.59 Å². The number of amides is 2. The zero-order valence-electron chi connectivity index (χ0n) is 18.5. The number of methoxy groups -OCH3 is 1. The Kier molecular flexibility index (Phi) is 9.35. The van der Waals surface area contributed by atoms with E-state index < -0.39 is 0 Å². The number of nitrogens with zero attached hydrogens (tertiary/aromatic N) is 2. The molecule has 0 aliphatic heterocycles. The molecule has 0 fully saturated rings. The summed E-state index contributed by atoms with van der Waals surface area (Å²) in [5, 5.41) is 7.16. The summed E-state index contributed by atoms with van der Waals surface area (Å²) in [6, 6.07) is 14.5. The number of carbonyl (C=O) groups excluding carboxylic acids is 2. The first-order valence-electron chi connectivity index (χ1n) is 10.2. The zero-order valence-corrected chi connectivity index (χ0v) is 18.5. The fourth-order valence-electron chi connectivity index (χ4n) is 2.75. The summed E-state index contributed by atoms with van der Waals surface area (Å²) in [6.07, 6.45) is 0. The van der Waals surface area contributed by atoms with Gasteiger partial charge in [-0.2, -0.15) is 5.10 Å². The molecular formula is C23H30N4O4. The van der Waals surface area contributed by atoms with Gasteiger partial charge < -0.3 is 19.7 Å². The van der Waals surface area contributed by atoms with Gasteiger partial charge >= 0.3 is 0 Å². The fourth-order valence-corrected chi connectivity index (χ4v) is 2.75. The van der Waals surface area contributed by atoms with Crippen molar-refractivity contribution in [2.45, 2.75) is 20.8 Å². The molecule has 8 heteroatoms. The minimum absolute atomic E-state index is 0.00531. The van der Waals surface area contributed by atoms with E-state index in [0.29, 0.717) is 24.6 Å². The van der Waals surface area contributed by atoms with E-state index in [9.17, 15) is 9.59 Å². The summed E-state index contributed by atoms with van der Waals surface area (Å²) in [7, 11) is 1.60. The van der Waals surface area contributed by atoms with Crippen molar-refractivity contribution in [3.05, 3.63) is 54.1 Å². The number of likely N-dealkylation sites (N-methyl/N-ethyl adjacent to an activating group) is 1.